The van der Waals surface area contributed by atoms with E-state index in [2.05, 4.69) is 6.58 Å². The number of hydrogen-bond donors (Lipinski definition) is 0. The van der Waals surface area contributed by atoms with Gasteiger partial charge in [-0.3, -0.25) is 0 Å². The maximum absolute atomic E-state index is 13.4. The minimum Gasteiger partial charge on any atom is -0.496 e. The third kappa shape index (κ3) is 7.23. The molecule has 1 fully saturated rings. The van der Waals surface area contributed by atoms with Crippen LogP contribution in [0, 0.1) is 6.92 Å². The maximum atomic E-state index is 13.4. The number of carbonyl (C=O) groups excluding carboxylic acids is 2. The molecule has 2 atom stereocenters. The highest BCUT2D eigenvalue weighted by molar-refractivity contribution is 7.13. The summed E-state index contributed by atoms with van der Waals surface area (Å²) in [6.07, 6.45) is 0.110. The van der Waals surface area contributed by atoms with Crippen molar-refractivity contribution < 1.29 is 37.0 Å². The Bertz CT molecular complexity index is 1470. The number of aryl methyl sites for hydroxylation is 1. The van der Waals surface area contributed by atoms with Crippen LogP contribution in [0.25, 0.3) is 21.5 Å². The number of benzene rings is 1. The molecule has 0 saturated carbocycles. The predicted molar refractivity (Wildman–Crippen MR) is 160 cm³/mol. The summed E-state index contributed by atoms with van der Waals surface area (Å²) in [4.78, 5) is 34.3. The average molecular weight is 620 g/mol. The van der Waals surface area contributed by atoms with E-state index in [9.17, 15) is 22.8 Å². The van der Waals surface area contributed by atoms with E-state index in [1.165, 1.54) is 19.1 Å². The van der Waals surface area contributed by atoms with Crippen LogP contribution >= 0.6 is 11.3 Å². The monoisotopic (exact) mass is 619 g/mol. The number of esters is 1. The van der Waals surface area contributed by atoms with Crippen molar-refractivity contribution in [2.24, 2.45) is 0 Å². The van der Waals surface area contributed by atoms with Crippen molar-refractivity contribution in [2.45, 2.75) is 57.3 Å². The molecule has 4 rings (SSSR count). The second kappa shape index (κ2) is 13.7. The van der Waals surface area contributed by atoms with Gasteiger partial charge in [-0.2, -0.15) is 13.2 Å². The number of unbranched alkanes of at least 4 members (excludes halogenated alkanes) is 2. The van der Waals surface area contributed by atoms with Crippen LogP contribution in [0.4, 0.5) is 18.0 Å². The van der Waals surface area contributed by atoms with E-state index in [-0.39, 0.29) is 19.0 Å². The number of ether oxygens (including phenoxy) is 3. The molecule has 0 bridgehead atoms. The van der Waals surface area contributed by atoms with Crippen molar-refractivity contribution in [1.29, 1.82) is 0 Å². The van der Waals surface area contributed by atoms with Gasteiger partial charge in [-0.1, -0.05) is 6.08 Å². The first-order valence-electron chi connectivity index (χ1n) is 14.0. The number of thiophene rings is 1. The molecule has 3 aromatic rings. The highest BCUT2D eigenvalue weighted by Gasteiger charge is 2.39. The topological polar surface area (TPSA) is 81.2 Å². The summed E-state index contributed by atoms with van der Waals surface area (Å²) < 4.78 is 57.0. The number of allylic oxidation sites excluding steroid dienone is 1. The number of carbonyl (C=O) groups is 2. The number of piperidine rings is 1. The van der Waals surface area contributed by atoms with Crippen molar-refractivity contribution >= 4 is 34.2 Å². The predicted octanol–water partition coefficient (Wildman–Crippen LogP) is 7.09. The van der Waals surface area contributed by atoms with Gasteiger partial charge >= 0.3 is 18.2 Å². The normalized spacial score (nSPS) is 17.0. The lowest BCUT2D eigenvalue weighted by atomic mass is 9.99. The molecule has 0 aliphatic carbocycles. The van der Waals surface area contributed by atoms with Crippen LogP contribution in [-0.4, -0.2) is 73.3 Å². The van der Waals surface area contributed by atoms with Crippen molar-refractivity contribution in [2.75, 3.05) is 34.4 Å². The summed E-state index contributed by atoms with van der Waals surface area (Å²) in [5, 5.41) is 1.71. The summed E-state index contributed by atoms with van der Waals surface area (Å²) in [6.45, 7) is 6.35. The van der Waals surface area contributed by atoms with E-state index >= 15 is 0 Å². The molecule has 0 spiro atoms. The molecular formula is C31H36F3N3O5S. The molecule has 232 valence electrons. The first kappa shape index (κ1) is 32.1. The Morgan fingerprint density at radius 2 is 1.98 bits per heavy atom. The summed E-state index contributed by atoms with van der Waals surface area (Å²) in [5.74, 6) is 0.456. The Morgan fingerprint density at radius 1 is 1.21 bits per heavy atom. The number of fused-ring (bicyclic) bond motifs is 1. The van der Waals surface area contributed by atoms with E-state index in [0.29, 0.717) is 51.5 Å². The number of alkyl halides is 3. The number of nitrogens with zero attached hydrogens (tertiary/aromatic N) is 3. The number of rotatable bonds is 10. The van der Waals surface area contributed by atoms with Crippen molar-refractivity contribution in [3.05, 3.63) is 53.4 Å². The fourth-order valence-corrected chi connectivity index (χ4v) is 6.08. The van der Waals surface area contributed by atoms with Crippen LogP contribution in [0.2, 0.25) is 0 Å². The second-order valence-corrected chi connectivity index (χ2v) is 11.4. The van der Waals surface area contributed by atoms with Gasteiger partial charge in [-0.25, -0.2) is 14.6 Å². The molecule has 2 aromatic heterocycles. The third-order valence-corrected chi connectivity index (χ3v) is 8.54. The minimum absolute atomic E-state index is 0.189. The van der Waals surface area contributed by atoms with Crippen LogP contribution in [0.15, 0.2) is 42.3 Å². The Balaban J connectivity index is 1.63. The molecule has 43 heavy (non-hydrogen) atoms. The van der Waals surface area contributed by atoms with Gasteiger partial charge in [0.25, 0.3) is 0 Å². The van der Waals surface area contributed by atoms with Gasteiger partial charge in [-0.05, 0) is 44.4 Å². The molecule has 0 N–H and O–H groups in total. The number of methoxy groups -OCH3 is 2. The second-order valence-electron chi connectivity index (χ2n) is 10.5. The Labute approximate surface area is 253 Å². The van der Waals surface area contributed by atoms with Crippen LogP contribution in [0.5, 0.6) is 11.5 Å². The number of hydrogen-bond acceptors (Lipinski definition) is 7. The van der Waals surface area contributed by atoms with E-state index in [1.54, 1.807) is 30.1 Å². The molecule has 12 heteroatoms. The Hall–Kier alpha value is -3.80. The number of amides is 2. The molecule has 3 heterocycles. The molecule has 1 aliphatic rings. The van der Waals surface area contributed by atoms with Gasteiger partial charge < -0.3 is 24.0 Å². The lowest BCUT2D eigenvalue weighted by molar-refractivity contribution is -0.148. The van der Waals surface area contributed by atoms with Crippen molar-refractivity contribution in [3.63, 3.8) is 0 Å². The third-order valence-electron chi connectivity index (χ3n) is 7.59. The largest absolute Gasteiger partial charge is 0.496 e. The first-order chi connectivity index (χ1) is 20.5. The highest BCUT2D eigenvalue weighted by Crippen LogP contribution is 2.40. The van der Waals surface area contributed by atoms with Gasteiger partial charge in [0.2, 0.25) is 0 Å². The van der Waals surface area contributed by atoms with Crippen molar-refractivity contribution in [1.82, 2.24) is 14.8 Å². The summed E-state index contributed by atoms with van der Waals surface area (Å²) in [5.41, 5.74) is 0.824. The SMILES string of the molecule is C=CCCCCN(C)C(=O)N1CCC(Oc2cc(-c3cc(C(F)(F)F)cs3)nc3c(C)c(OC)ccc23)CC1C(=O)OC. The minimum atomic E-state index is -4.47. The van der Waals surface area contributed by atoms with Crippen LogP contribution < -0.4 is 9.47 Å². The Kier molecular flexibility index (Phi) is 10.2. The zero-order chi connectivity index (χ0) is 31.3. The van der Waals surface area contributed by atoms with Crippen LogP contribution in [-0.2, 0) is 15.7 Å². The van der Waals surface area contributed by atoms with Crippen LogP contribution in [0.3, 0.4) is 0 Å². The summed E-state index contributed by atoms with van der Waals surface area (Å²) in [6, 6.07) is 5.16. The fourth-order valence-electron chi connectivity index (χ4n) is 5.20. The number of urea groups is 1. The highest BCUT2D eigenvalue weighted by atomic mass is 32.1. The first-order valence-corrected chi connectivity index (χ1v) is 14.9. The summed E-state index contributed by atoms with van der Waals surface area (Å²) >= 11 is 0.946. The fraction of sp³-hybridized carbons (Fsp3) is 0.452. The van der Waals surface area contributed by atoms with E-state index in [1.807, 2.05) is 13.0 Å². The molecule has 8 nitrogen and oxygen atoms in total. The number of halogens is 3. The molecule has 1 aliphatic heterocycles. The van der Waals surface area contributed by atoms with Gasteiger partial charge in [0.05, 0.1) is 35.9 Å². The van der Waals surface area contributed by atoms with Gasteiger partial charge in [0.15, 0.2) is 0 Å². The lowest BCUT2D eigenvalue weighted by Gasteiger charge is -2.39. The molecule has 2 amide bonds. The van der Waals surface area contributed by atoms with Crippen LogP contribution in [0.1, 0.15) is 43.2 Å². The van der Waals surface area contributed by atoms with E-state index in [0.717, 1.165) is 42.0 Å². The molecule has 0 radical (unpaired) electrons. The van der Waals surface area contributed by atoms with Gasteiger partial charge in [-0.15, -0.1) is 17.9 Å². The molecule has 2 unspecified atom stereocenters. The average Bonchev–Trinajstić information content (AvgIpc) is 3.50. The quantitative estimate of drug-likeness (QED) is 0.137. The number of aromatic nitrogens is 1. The van der Waals surface area contributed by atoms with Crippen molar-refractivity contribution in [3.8, 4) is 22.1 Å². The van der Waals surface area contributed by atoms with E-state index < -0.39 is 29.9 Å². The molecule has 1 saturated heterocycles. The summed E-state index contributed by atoms with van der Waals surface area (Å²) in [7, 11) is 4.53. The van der Waals surface area contributed by atoms with Gasteiger partial charge in [0.1, 0.15) is 23.6 Å². The molecule has 1 aromatic carbocycles. The maximum Gasteiger partial charge on any atom is 0.417 e. The number of likely N-dealkylation sites (tertiary alicyclic amines) is 1. The number of pyridine rings is 1. The smallest absolute Gasteiger partial charge is 0.417 e. The Morgan fingerprint density at radius 3 is 2.63 bits per heavy atom. The molecular weight excluding hydrogens is 583 g/mol. The van der Waals surface area contributed by atoms with E-state index in [4.69, 9.17) is 19.2 Å². The van der Waals surface area contributed by atoms with Gasteiger partial charge in [0, 0.05) is 55.4 Å². The zero-order valence-electron chi connectivity index (χ0n) is 24.7. The zero-order valence-corrected chi connectivity index (χ0v) is 25.5. The standard InChI is InChI=1S/C31H36F3N3O5S/c1-6-7-8-9-13-36(3)30(39)37-14-12-21(16-24(37)29(38)41-5)42-26-17-23(27-15-20(18-43-27)31(32,33)34)35-28-19(2)25(40-4)11-10-22(26)28/h6,10-11,15,17-18,21,24H,1,7-9,12-14,16H2,2-5H3. The lowest BCUT2D eigenvalue weighted by Crippen LogP contribution is -2.56.